The summed E-state index contributed by atoms with van der Waals surface area (Å²) in [5, 5.41) is 0. The molecule has 0 fully saturated rings. The zero-order valence-corrected chi connectivity index (χ0v) is 10.9. The highest BCUT2D eigenvalue weighted by Crippen LogP contribution is 2.09. The summed E-state index contributed by atoms with van der Waals surface area (Å²) >= 11 is 0. The third kappa shape index (κ3) is 3.43. The van der Waals surface area contributed by atoms with E-state index in [2.05, 4.69) is 5.43 Å². The van der Waals surface area contributed by atoms with Gasteiger partial charge in [0.25, 0.3) is 5.91 Å². The molecule has 2 rings (SSSR count). The predicted octanol–water partition coefficient (Wildman–Crippen LogP) is 1.17. The summed E-state index contributed by atoms with van der Waals surface area (Å²) in [5.41, 5.74) is 8.70. The molecule has 0 bridgehead atoms. The van der Waals surface area contributed by atoms with Crippen molar-refractivity contribution in [1.29, 1.82) is 0 Å². The molecule has 0 aliphatic carbocycles. The van der Waals surface area contributed by atoms with Crippen molar-refractivity contribution in [1.82, 2.24) is 4.68 Å². The van der Waals surface area contributed by atoms with E-state index in [4.69, 9.17) is 5.73 Å². The molecule has 100 valence electrons. The first-order chi connectivity index (χ1) is 8.72. The summed E-state index contributed by atoms with van der Waals surface area (Å²) in [4.78, 5) is 23.4. The number of rotatable bonds is 4. The van der Waals surface area contributed by atoms with E-state index < -0.39 is 0 Å². The number of nitrogens with two attached hydrogens (primary N) is 1. The number of carbonyl (C=O) groups excluding carboxylic acids is 2. The molecule has 0 unspecified atom stereocenters. The zero-order valence-electron chi connectivity index (χ0n) is 10.1. The Kier molecular flexibility index (Phi) is 5.29. The number of halogens is 1. The molecule has 0 saturated heterocycles. The zero-order chi connectivity index (χ0) is 13.0. The number of nitrogens with zero attached hydrogens (tertiary/aromatic N) is 1. The minimum absolute atomic E-state index is 0. The minimum atomic E-state index is -0.353. The average Bonchev–Trinajstić information content (AvgIpc) is 2.86. The number of amides is 1. The van der Waals surface area contributed by atoms with E-state index in [0.29, 0.717) is 11.3 Å². The molecule has 0 radical (unpaired) electrons. The van der Waals surface area contributed by atoms with E-state index in [9.17, 15) is 9.59 Å². The van der Waals surface area contributed by atoms with E-state index in [1.54, 1.807) is 42.6 Å². The van der Waals surface area contributed by atoms with Crippen LogP contribution >= 0.6 is 12.4 Å². The van der Waals surface area contributed by atoms with Gasteiger partial charge in [-0.2, -0.15) is 0 Å². The number of benzene rings is 1. The van der Waals surface area contributed by atoms with Crippen LogP contribution in [-0.2, 0) is 4.79 Å². The standard InChI is InChI=1S/C13H13N3O2.ClH/c14-9-12(17)15-16-8-4-7-11(16)13(18)10-5-2-1-3-6-10;/h1-8H,9,14H2,(H,15,17);1H. The summed E-state index contributed by atoms with van der Waals surface area (Å²) in [7, 11) is 0. The topological polar surface area (TPSA) is 77.1 Å². The maximum atomic E-state index is 12.2. The van der Waals surface area contributed by atoms with Gasteiger partial charge in [-0.15, -0.1) is 12.4 Å². The van der Waals surface area contributed by atoms with Crippen LogP contribution < -0.4 is 11.2 Å². The van der Waals surface area contributed by atoms with Gasteiger partial charge in [0.05, 0.1) is 6.54 Å². The van der Waals surface area contributed by atoms with Crippen molar-refractivity contribution in [2.24, 2.45) is 5.73 Å². The maximum absolute atomic E-state index is 12.2. The van der Waals surface area contributed by atoms with E-state index >= 15 is 0 Å². The summed E-state index contributed by atoms with van der Waals surface area (Å²) in [6, 6.07) is 12.2. The molecule has 3 N–H and O–H groups in total. The normalized spacial score (nSPS) is 9.53. The molecule has 19 heavy (non-hydrogen) atoms. The fourth-order valence-corrected chi connectivity index (χ4v) is 1.58. The van der Waals surface area contributed by atoms with Crippen molar-refractivity contribution in [2.75, 3.05) is 12.0 Å². The largest absolute Gasteiger partial charge is 0.322 e. The molecule has 1 heterocycles. The Balaban J connectivity index is 0.00000180. The summed E-state index contributed by atoms with van der Waals surface area (Å²) < 4.78 is 1.38. The highest BCUT2D eigenvalue weighted by Gasteiger charge is 2.13. The SMILES string of the molecule is Cl.NCC(=O)Nn1cccc1C(=O)c1ccccc1. The summed E-state index contributed by atoms with van der Waals surface area (Å²) in [5.74, 6) is -0.508. The highest BCUT2D eigenvalue weighted by molar-refractivity contribution is 6.08. The van der Waals surface area contributed by atoms with Crippen molar-refractivity contribution in [2.45, 2.75) is 0 Å². The van der Waals surface area contributed by atoms with Crippen molar-refractivity contribution in [3.05, 3.63) is 59.9 Å². The monoisotopic (exact) mass is 279 g/mol. The van der Waals surface area contributed by atoms with Gasteiger partial charge in [-0.3, -0.25) is 19.7 Å². The number of ketones is 1. The Hall–Kier alpha value is -2.11. The first-order valence-corrected chi connectivity index (χ1v) is 5.49. The lowest BCUT2D eigenvalue weighted by atomic mass is 10.1. The Morgan fingerprint density at radius 2 is 1.79 bits per heavy atom. The molecule has 1 aromatic carbocycles. The van der Waals surface area contributed by atoms with Crippen LogP contribution in [0.1, 0.15) is 16.1 Å². The number of aromatic nitrogens is 1. The molecule has 1 amide bonds. The highest BCUT2D eigenvalue weighted by atomic mass is 35.5. The van der Waals surface area contributed by atoms with Crippen molar-refractivity contribution < 1.29 is 9.59 Å². The number of hydrogen-bond acceptors (Lipinski definition) is 3. The van der Waals surface area contributed by atoms with Gasteiger partial charge in [-0.1, -0.05) is 30.3 Å². The molecule has 0 saturated carbocycles. The van der Waals surface area contributed by atoms with Crippen molar-refractivity contribution >= 4 is 24.1 Å². The predicted molar refractivity (Wildman–Crippen MR) is 75.0 cm³/mol. The van der Waals surface area contributed by atoms with Gasteiger partial charge in [0.1, 0.15) is 5.69 Å². The molecule has 0 spiro atoms. The van der Waals surface area contributed by atoms with Crippen LogP contribution in [0.25, 0.3) is 0 Å². The van der Waals surface area contributed by atoms with E-state index in [1.807, 2.05) is 6.07 Å². The fraction of sp³-hybridized carbons (Fsp3) is 0.0769. The van der Waals surface area contributed by atoms with Crippen LogP contribution in [0.5, 0.6) is 0 Å². The molecule has 2 aromatic rings. The van der Waals surface area contributed by atoms with E-state index in [1.165, 1.54) is 4.68 Å². The van der Waals surface area contributed by atoms with Gasteiger partial charge in [-0.05, 0) is 12.1 Å². The van der Waals surface area contributed by atoms with Crippen molar-refractivity contribution in [3.8, 4) is 0 Å². The Morgan fingerprint density at radius 1 is 1.11 bits per heavy atom. The van der Waals surface area contributed by atoms with Gasteiger partial charge in [0.2, 0.25) is 5.78 Å². The molecule has 6 heteroatoms. The van der Waals surface area contributed by atoms with Crippen LogP contribution in [0.2, 0.25) is 0 Å². The lowest BCUT2D eigenvalue weighted by Gasteiger charge is -2.09. The van der Waals surface area contributed by atoms with Crippen molar-refractivity contribution in [3.63, 3.8) is 0 Å². The van der Waals surface area contributed by atoms with Crippen LogP contribution in [0.4, 0.5) is 0 Å². The third-order valence-electron chi connectivity index (χ3n) is 2.45. The molecule has 0 aliphatic rings. The summed E-state index contributed by atoms with van der Waals surface area (Å²) in [6.45, 7) is -0.128. The minimum Gasteiger partial charge on any atom is -0.322 e. The smallest absolute Gasteiger partial charge is 0.252 e. The lowest BCUT2D eigenvalue weighted by Crippen LogP contribution is -2.30. The van der Waals surface area contributed by atoms with Gasteiger partial charge in [-0.25, -0.2) is 0 Å². The van der Waals surface area contributed by atoms with Gasteiger partial charge in [0.15, 0.2) is 0 Å². The third-order valence-corrected chi connectivity index (χ3v) is 2.45. The van der Waals surface area contributed by atoms with Gasteiger partial charge in [0, 0.05) is 11.8 Å². The van der Waals surface area contributed by atoms with E-state index in [0.717, 1.165) is 0 Å². The van der Waals surface area contributed by atoms with Gasteiger partial charge < -0.3 is 5.73 Å². The molecule has 5 nitrogen and oxygen atoms in total. The lowest BCUT2D eigenvalue weighted by molar-refractivity contribution is -0.115. The second-order valence-corrected chi connectivity index (χ2v) is 3.70. The van der Waals surface area contributed by atoms with Crippen LogP contribution in [0.15, 0.2) is 48.7 Å². The van der Waals surface area contributed by atoms with Crippen LogP contribution in [0.3, 0.4) is 0 Å². The second-order valence-electron chi connectivity index (χ2n) is 3.70. The van der Waals surface area contributed by atoms with Crippen LogP contribution in [-0.4, -0.2) is 22.9 Å². The average molecular weight is 280 g/mol. The molecule has 0 atom stereocenters. The molecule has 1 aromatic heterocycles. The quantitative estimate of drug-likeness (QED) is 0.825. The molecular formula is C13H14ClN3O2. The van der Waals surface area contributed by atoms with Gasteiger partial charge >= 0.3 is 0 Å². The Bertz CT molecular complexity index is 566. The summed E-state index contributed by atoms with van der Waals surface area (Å²) in [6.07, 6.45) is 1.60. The molecule has 0 aliphatic heterocycles. The number of carbonyl (C=O) groups is 2. The Morgan fingerprint density at radius 3 is 2.42 bits per heavy atom. The second kappa shape index (κ2) is 6.72. The number of nitrogens with one attached hydrogen (secondary N) is 1. The first-order valence-electron chi connectivity index (χ1n) is 5.49. The van der Waals surface area contributed by atoms with E-state index in [-0.39, 0.29) is 30.6 Å². The molecular weight excluding hydrogens is 266 g/mol. The maximum Gasteiger partial charge on any atom is 0.252 e. The van der Waals surface area contributed by atoms with Crippen LogP contribution in [0, 0.1) is 0 Å². The first kappa shape index (κ1) is 14.9. The number of hydrogen-bond donors (Lipinski definition) is 2. The Labute approximate surface area is 116 Å². The fourth-order valence-electron chi connectivity index (χ4n) is 1.58.